The third-order valence-corrected chi connectivity index (χ3v) is 4.58. The number of aryl methyl sites for hydroxylation is 1. The lowest BCUT2D eigenvalue weighted by Gasteiger charge is -2.12. The summed E-state index contributed by atoms with van der Waals surface area (Å²) in [6.07, 6.45) is 1.75. The molecule has 0 spiro atoms. The van der Waals surface area contributed by atoms with Gasteiger partial charge in [-0.3, -0.25) is 9.20 Å². The van der Waals surface area contributed by atoms with Gasteiger partial charge in [-0.25, -0.2) is 4.98 Å². The molecule has 0 aliphatic heterocycles. The number of fused-ring (bicyclic) bond motifs is 1. The highest BCUT2D eigenvalue weighted by Gasteiger charge is 2.12. The second-order valence-corrected chi connectivity index (χ2v) is 6.73. The molecule has 0 aliphatic carbocycles. The first-order valence-electron chi connectivity index (χ1n) is 9.10. The minimum Gasteiger partial charge on any atom is -0.382 e. The van der Waals surface area contributed by atoms with Crippen molar-refractivity contribution in [2.45, 2.75) is 13.5 Å². The third kappa shape index (κ3) is 4.99. The fraction of sp³-hybridized carbons (Fsp3) is 0.400. The molecule has 0 saturated heterocycles. The molecule has 3 aromatic rings. The van der Waals surface area contributed by atoms with E-state index >= 15 is 0 Å². The van der Waals surface area contributed by atoms with E-state index in [0.717, 1.165) is 17.0 Å². The summed E-state index contributed by atoms with van der Waals surface area (Å²) in [5.74, 6) is 0.592. The molecule has 1 aromatic carbocycles. The number of benzene rings is 1. The first-order valence-corrected chi connectivity index (χ1v) is 9.48. The number of hydrogen-bond donors (Lipinski definition) is 0. The average molecular weight is 406 g/mol. The maximum absolute atomic E-state index is 12.4. The maximum atomic E-state index is 12.4. The van der Waals surface area contributed by atoms with Crippen LogP contribution in [0.15, 0.2) is 41.3 Å². The summed E-state index contributed by atoms with van der Waals surface area (Å²) in [5.41, 5.74) is 2.36. The average Bonchev–Trinajstić information content (AvgIpc) is 3.12. The fourth-order valence-electron chi connectivity index (χ4n) is 2.86. The monoisotopic (exact) mass is 405 g/mol. The normalized spacial score (nSPS) is 11.4. The maximum Gasteiger partial charge on any atom is 0.259 e. The molecule has 0 N–H and O–H groups in total. The van der Waals surface area contributed by atoms with Crippen LogP contribution in [0.4, 0.5) is 0 Å². The Morgan fingerprint density at radius 1 is 1.04 bits per heavy atom. The van der Waals surface area contributed by atoms with Gasteiger partial charge in [0.05, 0.1) is 38.7 Å². The lowest BCUT2D eigenvalue weighted by molar-refractivity contribution is 0.0230. The Balaban J connectivity index is 1.71. The second kappa shape index (κ2) is 9.84. The molecule has 0 bridgehead atoms. The van der Waals surface area contributed by atoms with Gasteiger partial charge in [0.25, 0.3) is 5.56 Å². The first kappa shape index (κ1) is 20.5. The number of aromatic nitrogens is 3. The summed E-state index contributed by atoms with van der Waals surface area (Å²) in [6, 6.07) is 8.99. The number of halogens is 1. The molecule has 0 radical (unpaired) electrons. The number of imidazole rings is 1. The minimum atomic E-state index is -0.107. The highest BCUT2D eigenvalue weighted by atomic mass is 35.5. The van der Waals surface area contributed by atoms with Gasteiger partial charge in [-0.05, 0) is 19.1 Å². The molecule has 28 heavy (non-hydrogen) atoms. The zero-order valence-electron chi connectivity index (χ0n) is 16.1. The zero-order chi connectivity index (χ0) is 19.9. The second-order valence-electron chi connectivity index (χ2n) is 6.30. The van der Waals surface area contributed by atoms with Gasteiger partial charge in [0.2, 0.25) is 5.78 Å². The molecular weight excluding hydrogens is 382 g/mol. The first-order chi connectivity index (χ1) is 13.6. The van der Waals surface area contributed by atoms with Crippen LogP contribution < -0.4 is 5.56 Å². The van der Waals surface area contributed by atoms with Crippen LogP contribution in [0.3, 0.4) is 0 Å². The van der Waals surface area contributed by atoms with E-state index in [1.165, 1.54) is 0 Å². The van der Waals surface area contributed by atoms with E-state index in [1.54, 1.807) is 35.9 Å². The van der Waals surface area contributed by atoms with E-state index < -0.39 is 0 Å². The topological polar surface area (TPSA) is 67.0 Å². The molecule has 0 atom stereocenters. The summed E-state index contributed by atoms with van der Waals surface area (Å²) in [7, 11) is 1.64. The molecule has 0 saturated carbocycles. The van der Waals surface area contributed by atoms with Gasteiger partial charge in [0, 0.05) is 42.2 Å². The standard InChI is InChI=1S/C20H24ClN3O4/c1-15-13-19(25)24-14-18(16-3-5-17(21)6-4-16)22-20(24)23(15)7-8-27-11-12-28-10-9-26-2/h3-6,13-14H,7-12H2,1-2H3. The van der Waals surface area contributed by atoms with Crippen LogP contribution in [0.25, 0.3) is 17.0 Å². The molecule has 7 nitrogen and oxygen atoms in total. The molecule has 0 unspecified atom stereocenters. The highest BCUT2D eigenvalue weighted by molar-refractivity contribution is 6.30. The minimum absolute atomic E-state index is 0.107. The van der Waals surface area contributed by atoms with Gasteiger partial charge in [-0.15, -0.1) is 0 Å². The van der Waals surface area contributed by atoms with Gasteiger partial charge in [0.15, 0.2) is 0 Å². The molecule has 2 heterocycles. The van der Waals surface area contributed by atoms with Crippen molar-refractivity contribution in [1.29, 1.82) is 0 Å². The molecule has 2 aromatic heterocycles. The van der Waals surface area contributed by atoms with E-state index in [0.29, 0.717) is 50.4 Å². The van der Waals surface area contributed by atoms with Crippen molar-refractivity contribution >= 4 is 17.4 Å². The molecule has 3 rings (SSSR count). The summed E-state index contributed by atoms with van der Waals surface area (Å²) >= 11 is 5.96. The van der Waals surface area contributed by atoms with E-state index in [1.807, 2.05) is 23.6 Å². The third-order valence-electron chi connectivity index (χ3n) is 4.33. The van der Waals surface area contributed by atoms with E-state index in [4.69, 9.17) is 25.8 Å². The van der Waals surface area contributed by atoms with Crippen molar-refractivity contribution in [3.05, 3.63) is 57.6 Å². The van der Waals surface area contributed by atoms with Crippen molar-refractivity contribution in [2.75, 3.05) is 40.1 Å². The lowest BCUT2D eigenvalue weighted by Crippen LogP contribution is -2.21. The van der Waals surface area contributed by atoms with Crippen molar-refractivity contribution < 1.29 is 14.2 Å². The number of methoxy groups -OCH3 is 1. The molecular formula is C20H24ClN3O4. The molecule has 8 heteroatoms. The Morgan fingerprint density at radius 2 is 1.71 bits per heavy atom. The van der Waals surface area contributed by atoms with Crippen LogP contribution in [0.5, 0.6) is 0 Å². The molecule has 0 fully saturated rings. The number of rotatable bonds is 10. The quantitative estimate of drug-likeness (QED) is 0.485. The summed E-state index contributed by atoms with van der Waals surface area (Å²) < 4.78 is 19.5. The molecule has 0 aliphatic rings. The predicted molar refractivity (Wildman–Crippen MR) is 108 cm³/mol. The number of ether oxygens (including phenoxy) is 3. The summed E-state index contributed by atoms with van der Waals surface area (Å²) in [4.78, 5) is 17.1. The Bertz CT molecular complexity index is 966. The zero-order valence-corrected chi connectivity index (χ0v) is 16.8. The molecule has 150 valence electrons. The van der Waals surface area contributed by atoms with Crippen LogP contribution >= 0.6 is 11.6 Å². The van der Waals surface area contributed by atoms with E-state index in [-0.39, 0.29) is 5.56 Å². The Morgan fingerprint density at radius 3 is 2.43 bits per heavy atom. The summed E-state index contributed by atoms with van der Waals surface area (Å²) in [5, 5.41) is 0.659. The highest BCUT2D eigenvalue weighted by Crippen LogP contribution is 2.21. The van der Waals surface area contributed by atoms with Crippen LogP contribution in [0.2, 0.25) is 5.02 Å². The Hall–Kier alpha value is -2.19. The largest absolute Gasteiger partial charge is 0.382 e. The smallest absolute Gasteiger partial charge is 0.259 e. The molecule has 0 amide bonds. The van der Waals surface area contributed by atoms with Crippen LogP contribution in [0.1, 0.15) is 5.69 Å². The number of hydrogen-bond acceptors (Lipinski definition) is 5. The van der Waals surface area contributed by atoms with E-state index in [2.05, 4.69) is 4.98 Å². The Labute approximate surface area is 168 Å². The van der Waals surface area contributed by atoms with Gasteiger partial charge < -0.3 is 18.8 Å². The number of nitrogens with zero attached hydrogens (tertiary/aromatic N) is 3. The van der Waals surface area contributed by atoms with Gasteiger partial charge >= 0.3 is 0 Å². The predicted octanol–water partition coefficient (Wildman–Crippen LogP) is 2.80. The Kier molecular flexibility index (Phi) is 7.22. The van der Waals surface area contributed by atoms with Crippen molar-refractivity contribution in [3.8, 4) is 11.3 Å². The van der Waals surface area contributed by atoms with Crippen molar-refractivity contribution in [3.63, 3.8) is 0 Å². The van der Waals surface area contributed by atoms with Crippen LogP contribution in [0, 0.1) is 6.92 Å². The van der Waals surface area contributed by atoms with Gasteiger partial charge in [0.1, 0.15) is 0 Å². The lowest BCUT2D eigenvalue weighted by atomic mass is 10.2. The van der Waals surface area contributed by atoms with Gasteiger partial charge in [-0.1, -0.05) is 23.7 Å². The van der Waals surface area contributed by atoms with Crippen molar-refractivity contribution in [1.82, 2.24) is 14.0 Å². The SMILES string of the molecule is COCCOCCOCCn1c(C)cc(=O)n2cc(-c3ccc(Cl)cc3)nc12. The van der Waals surface area contributed by atoms with Crippen LogP contribution in [-0.2, 0) is 20.8 Å². The fourth-order valence-corrected chi connectivity index (χ4v) is 2.99. The van der Waals surface area contributed by atoms with Gasteiger partial charge in [-0.2, -0.15) is 0 Å². The van der Waals surface area contributed by atoms with Crippen molar-refractivity contribution in [2.24, 2.45) is 0 Å². The van der Waals surface area contributed by atoms with E-state index in [9.17, 15) is 4.79 Å². The van der Waals surface area contributed by atoms with Crippen LogP contribution in [-0.4, -0.2) is 54.1 Å². The summed E-state index contributed by atoms with van der Waals surface area (Å²) in [6.45, 7) is 5.13.